The molecule has 0 saturated carbocycles. The lowest BCUT2D eigenvalue weighted by Gasteiger charge is -2.20. The van der Waals surface area contributed by atoms with E-state index >= 15 is 0 Å². The quantitative estimate of drug-likeness (QED) is 0.495. The van der Waals surface area contributed by atoms with Crippen LogP contribution in [0.1, 0.15) is 31.9 Å². The minimum Gasteiger partial charge on any atom is -0.300 e. The number of benzene rings is 2. The minimum absolute atomic E-state index is 0.0488. The molecule has 0 saturated heterocycles. The van der Waals surface area contributed by atoms with E-state index in [2.05, 4.69) is 0 Å². The molecule has 1 heterocycles. The highest BCUT2D eigenvalue weighted by Crippen LogP contribution is 2.25. The molecule has 0 N–H and O–H groups in total. The number of ketones is 1. The van der Waals surface area contributed by atoms with Crippen molar-refractivity contribution in [3.8, 4) is 0 Å². The second-order valence-corrected chi connectivity index (χ2v) is 7.04. The number of carbonyl (C=O) groups excluding carboxylic acids is 1. The van der Waals surface area contributed by atoms with Crippen molar-refractivity contribution in [2.24, 2.45) is 0 Å². The molecule has 25 heavy (non-hydrogen) atoms. The molecule has 0 bridgehead atoms. The summed E-state index contributed by atoms with van der Waals surface area (Å²) in [5, 5.41) is 1.27. The van der Waals surface area contributed by atoms with Crippen LogP contribution in [-0.4, -0.2) is 21.1 Å². The lowest BCUT2D eigenvalue weighted by Crippen LogP contribution is -2.27. The normalized spacial score (nSPS) is 12.2. The summed E-state index contributed by atoms with van der Waals surface area (Å²) in [7, 11) is 0. The van der Waals surface area contributed by atoms with Crippen molar-refractivity contribution < 1.29 is 4.79 Å². The Bertz CT molecular complexity index is 951. The predicted molar refractivity (Wildman–Crippen MR) is 102 cm³/mol. The summed E-state index contributed by atoms with van der Waals surface area (Å²) < 4.78 is 1.74. The van der Waals surface area contributed by atoms with Gasteiger partial charge in [-0.2, -0.15) is 0 Å². The van der Waals surface area contributed by atoms with Crippen LogP contribution < -0.4 is 5.56 Å². The van der Waals surface area contributed by atoms with E-state index < -0.39 is 0 Å². The lowest BCUT2D eigenvalue weighted by atomic mass is 10.1. The Balaban J connectivity index is 2.11. The smallest absolute Gasteiger partial charge is 0.262 e. The number of thioether (sulfide) groups is 1. The second kappa shape index (κ2) is 7.66. The van der Waals surface area contributed by atoms with Crippen LogP contribution in [0.25, 0.3) is 10.9 Å². The fourth-order valence-corrected chi connectivity index (χ4v) is 3.85. The number of carbonyl (C=O) groups is 1. The molecule has 0 fully saturated rings. The molecule has 0 aliphatic carbocycles. The van der Waals surface area contributed by atoms with E-state index in [4.69, 9.17) is 4.98 Å². The molecule has 128 valence electrons. The second-order valence-electron chi connectivity index (χ2n) is 5.97. The first-order chi connectivity index (χ1) is 12.1. The Morgan fingerprint density at radius 1 is 1.12 bits per heavy atom. The minimum atomic E-state index is -0.134. The summed E-state index contributed by atoms with van der Waals surface area (Å²) >= 11 is 1.46. The van der Waals surface area contributed by atoms with Gasteiger partial charge in [0.15, 0.2) is 5.16 Å². The number of hydrogen-bond acceptors (Lipinski definition) is 4. The molecule has 0 radical (unpaired) electrons. The molecule has 1 atom stereocenters. The molecule has 0 spiro atoms. The number of Topliss-reactive ketones (excluding diaryl/α,β-unsaturated/α-hetero) is 1. The number of rotatable bonds is 6. The first kappa shape index (κ1) is 17.4. The molecule has 3 aromatic rings. The van der Waals surface area contributed by atoms with Gasteiger partial charge in [-0.15, -0.1) is 0 Å². The summed E-state index contributed by atoms with van der Waals surface area (Å²) in [5.41, 5.74) is 1.69. The van der Waals surface area contributed by atoms with Gasteiger partial charge in [-0.1, -0.05) is 54.2 Å². The number of para-hydroxylation sites is 1. The Hall–Kier alpha value is -2.40. The highest BCUT2D eigenvalue weighted by atomic mass is 32.2. The SMILES string of the molecule is CC(=O)CCSc1nc2ccccc2c(=O)n1[C@H](C)c1ccccc1. The maximum absolute atomic E-state index is 13.1. The molecule has 0 aliphatic heterocycles. The Labute approximate surface area is 150 Å². The van der Waals surface area contributed by atoms with Gasteiger partial charge < -0.3 is 0 Å². The average molecular weight is 352 g/mol. The van der Waals surface area contributed by atoms with Crippen LogP contribution in [0, 0.1) is 0 Å². The molecular weight excluding hydrogens is 332 g/mol. The fraction of sp³-hybridized carbons (Fsp3) is 0.250. The van der Waals surface area contributed by atoms with Crippen molar-refractivity contribution >= 4 is 28.4 Å². The molecule has 0 amide bonds. The third-order valence-corrected chi connectivity index (χ3v) is 5.08. The lowest BCUT2D eigenvalue weighted by molar-refractivity contribution is -0.116. The summed E-state index contributed by atoms with van der Waals surface area (Å²) in [6, 6.07) is 17.2. The Morgan fingerprint density at radius 2 is 1.80 bits per heavy atom. The van der Waals surface area contributed by atoms with E-state index in [0.29, 0.717) is 28.2 Å². The van der Waals surface area contributed by atoms with Crippen LogP contribution in [0.15, 0.2) is 64.5 Å². The summed E-state index contributed by atoms with van der Waals surface area (Å²) in [6.45, 7) is 3.58. The van der Waals surface area contributed by atoms with Gasteiger partial charge in [0.25, 0.3) is 5.56 Å². The van der Waals surface area contributed by atoms with Crippen LogP contribution in [0.2, 0.25) is 0 Å². The van der Waals surface area contributed by atoms with Gasteiger partial charge in [0.1, 0.15) is 5.78 Å². The fourth-order valence-electron chi connectivity index (χ4n) is 2.74. The topological polar surface area (TPSA) is 52.0 Å². The molecule has 2 aromatic carbocycles. The zero-order valence-corrected chi connectivity index (χ0v) is 15.1. The predicted octanol–water partition coefficient (Wildman–Crippen LogP) is 4.08. The van der Waals surface area contributed by atoms with Gasteiger partial charge in [-0.3, -0.25) is 14.2 Å². The summed E-state index contributed by atoms with van der Waals surface area (Å²) in [5.74, 6) is 0.750. The van der Waals surface area contributed by atoms with Crippen LogP contribution in [0.5, 0.6) is 0 Å². The number of hydrogen-bond donors (Lipinski definition) is 0. The molecule has 1 aromatic heterocycles. The number of fused-ring (bicyclic) bond motifs is 1. The Morgan fingerprint density at radius 3 is 2.52 bits per heavy atom. The van der Waals surface area contributed by atoms with Gasteiger partial charge >= 0.3 is 0 Å². The first-order valence-electron chi connectivity index (χ1n) is 8.26. The van der Waals surface area contributed by atoms with E-state index in [9.17, 15) is 9.59 Å². The highest BCUT2D eigenvalue weighted by Gasteiger charge is 2.17. The van der Waals surface area contributed by atoms with Crippen molar-refractivity contribution in [3.05, 3.63) is 70.5 Å². The summed E-state index contributed by atoms with van der Waals surface area (Å²) in [4.78, 5) is 29.0. The third kappa shape index (κ3) is 3.82. The van der Waals surface area contributed by atoms with E-state index in [1.165, 1.54) is 11.8 Å². The van der Waals surface area contributed by atoms with Gasteiger partial charge in [0.05, 0.1) is 16.9 Å². The molecule has 4 nitrogen and oxygen atoms in total. The first-order valence-corrected chi connectivity index (χ1v) is 9.25. The molecule has 5 heteroatoms. The van der Waals surface area contributed by atoms with Crippen molar-refractivity contribution in [1.29, 1.82) is 0 Å². The number of nitrogens with zero attached hydrogens (tertiary/aromatic N) is 2. The van der Waals surface area contributed by atoms with E-state index in [-0.39, 0.29) is 17.4 Å². The van der Waals surface area contributed by atoms with Gasteiger partial charge in [0.2, 0.25) is 0 Å². The average Bonchev–Trinajstić information content (AvgIpc) is 2.62. The maximum atomic E-state index is 13.1. The highest BCUT2D eigenvalue weighted by molar-refractivity contribution is 7.99. The van der Waals surface area contributed by atoms with E-state index in [0.717, 1.165) is 5.56 Å². The summed E-state index contributed by atoms with van der Waals surface area (Å²) in [6.07, 6.45) is 0.465. The monoisotopic (exact) mass is 352 g/mol. The Kier molecular flexibility index (Phi) is 5.34. The van der Waals surface area contributed by atoms with Crippen LogP contribution >= 0.6 is 11.8 Å². The zero-order chi connectivity index (χ0) is 17.8. The molecule has 0 unspecified atom stereocenters. The van der Waals surface area contributed by atoms with Crippen molar-refractivity contribution in [1.82, 2.24) is 9.55 Å². The number of aromatic nitrogens is 2. The van der Waals surface area contributed by atoms with Crippen molar-refractivity contribution in [3.63, 3.8) is 0 Å². The van der Waals surface area contributed by atoms with E-state index in [1.54, 1.807) is 11.5 Å². The van der Waals surface area contributed by atoms with Crippen molar-refractivity contribution in [2.75, 3.05) is 5.75 Å². The van der Waals surface area contributed by atoms with Gasteiger partial charge in [-0.25, -0.2) is 4.98 Å². The largest absolute Gasteiger partial charge is 0.300 e. The molecule has 0 aliphatic rings. The van der Waals surface area contributed by atoms with Crippen LogP contribution in [-0.2, 0) is 4.79 Å². The molecular formula is C20H20N2O2S. The maximum Gasteiger partial charge on any atom is 0.262 e. The zero-order valence-electron chi connectivity index (χ0n) is 14.3. The third-order valence-electron chi connectivity index (χ3n) is 4.13. The van der Waals surface area contributed by atoms with E-state index in [1.807, 2.05) is 61.5 Å². The van der Waals surface area contributed by atoms with Crippen molar-refractivity contribution in [2.45, 2.75) is 31.5 Å². The molecule has 3 rings (SSSR count). The standard InChI is InChI=1S/C20H20N2O2S/c1-14(23)12-13-25-20-21-18-11-7-6-10-17(18)19(24)22(20)15(2)16-8-4-3-5-9-16/h3-11,15H,12-13H2,1-2H3/t15-/m1/s1. The van der Waals surface area contributed by atoms with Gasteiger partial charge in [0, 0.05) is 12.2 Å². The van der Waals surface area contributed by atoms with Gasteiger partial charge in [-0.05, 0) is 31.5 Å². The van der Waals surface area contributed by atoms with Crippen LogP contribution in [0.4, 0.5) is 0 Å². The van der Waals surface area contributed by atoms with Crippen LogP contribution in [0.3, 0.4) is 0 Å².